The van der Waals surface area contributed by atoms with Gasteiger partial charge in [-0.2, -0.15) is 0 Å². The van der Waals surface area contributed by atoms with Gasteiger partial charge in [0.25, 0.3) is 0 Å². The van der Waals surface area contributed by atoms with E-state index in [1.54, 1.807) is 0 Å². The molecule has 0 spiro atoms. The van der Waals surface area contributed by atoms with Crippen LogP contribution in [0.2, 0.25) is 0 Å². The van der Waals surface area contributed by atoms with Gasteiger partial charge in [0.1, 0.15) is 17.7 Å². The van der Waals surface area contributed by atoms with Crippen LogP contribution < -0.4 is 5.73 Å². The third-order valence-corrected chi connectivity index (χ3v) is 5.32. The van der Waals surface area contributed by atoms with Crippen molar-refractivity contribution in [2.24, 2.45) is 0 Å². The molecule has 4 aromatic carbocycles. The minimum Gasteiger partial charge on any atom is -0.382 e. The number of nitrogen functional groups attached to an aromatic ring is 1. The van der Waals surface area contributed by atoms with Crippen molar-refractivity contribution in [3.63, 3.8) is 0 Å². The number of aromatic amines is 1. The van der Waals surface area contributed by atoms with Gasteiger partial charge in [-0.25, -0.2) is 15.0 Å². The summed E-state index contributed by atoms with van der Waals surface area (Å²) in [4.78, 5) is 16.4. The quantitative estimate of drug-likeness (QED) is 0.317. The van der Waals surface area contributed by atoms with Crippen LogP contribution in [0.5, 0.6) is 0 Å². The molecular weight excluding hydrogens is 346 g/mol. The normalized spacial score (nSPS) is 11.7. The number of aromatic nitrogens is 4. The predicted molar refractivity (Wildman–Crippen MR) is 114 cm³/mol. The number of nitrogens with one attached hydrogen (secondary N) is 1. The van der Waals surface area contributed by atoms with Crippen molar-refractivity contribution in [1.29, 1.82) is 0 Å². The summed E-state index contributed by atoms with van der Waals surface area (Å²) in [5, 5.41) is 7.09. The second-order valence-electron chi connectivity index (χ2n) is 6.90. The Balaban J connectivity index is 1.83. The summed E-state index contributed by atoms with van der Waals surface area (Å²) in [6.07, 6.45) is 1.44. The molecule has 2 heterocycles. The SMILES string of the molecule is Nc1ncnc2nc(-c3c4ccccc4cc4c3ccc3ccccc34)[nH]c12. The van der Waals surface area contributed by atoms with Crippen molar-refractivity contribution in [2.45, 2.75) is 0 Å². The summed E-state index contributed by atoms with van der Waals surface area (Å²) < 4.78 is 0. The number of hydrogen-bond donors (Lipinski definition) is 2. The highest BCUT2D eigenvalue weighted by molar-refractivity contribution is 6.19. The zero-order chi connectivity index (χ0) is 18.7. The molecule has 0 atom stereocenters. The van der Waals surface area contributed by atoms with Crippen molar-refractivity contribution in [3.05, 3.63) is 73.1 Å². The minimum absolute atomic E-state index is 0.402. The van der Waals surface area contributed by atoms with E-state index in [4.69, 9.17) is 10.7 Å². The fourth-order valence-corrected chi connectivity index (χ4v) is 4.04. The number of rotatable bonds is 1. The Labute approximate surface area is 159 Å². The molecule has 5 nitrogen and oxygen atoms in total. The molecule has 0 fully saturated rings. The molecular formula is C23H15N5. The summed E-state index contributed by atoms with van der Waals surface area (Å²) in [6.45, 7) is 0. The zero-order valence-electron chi connectivity index (χ0n) is 14.8. The predicted octanol–water partition coefficient (Wildman–Crippen LogP) is 5.06. The van der Waals surface area contributed by atoms with E-state index >= 15 is 0 Å². The van der Waals surface area contributed by atoms with E-state index in [1.165, 1.54) is 27.9 Å². The highest BCUT2D eigenvalue weighted by Crippen LogP contribution is 2.38. The highest BCUT2D eigenvalue weighted by Gasteiger charge is 2.16. The largest absolute Gasteiger partial charge is 0.382 e. The first kappa shape index (κ1) is 15.1. The molecule has 5 heteroatoms. The smallest absolute Gasteiger partial charge is 0.183 e. The van der Waals surface area contributed by atoms with Gasteiger partial charge in [0.05, 0.1) is 0 Å². The van der Waals surface area contributed by atoms with E-state index in [0.717, 1.165) is 22.2 Å². The van der Waals surface area contributed by atoms with Crippen LogP contribution in [0.4, 0.5) is 5.82 Å². The molecule has 0 aliphatic rings. The van der Waals surface area contributed by atoms with Gasteiger partial charge >= 0.3 is 0 Å². The molecule has 0 bridgehead atoms. The molecule has 0 radical (unpaired) electrons. The van der Waals surface area contributed by atoms with E-state index in [2.05, 4.69) is 81.7 Å². The van der Waals surface area contributed by atoms with Crippen LogP contribution in [0.15, 0.2) is 73.1 Å². The number of anilines is 1. The number of nitrogens with zero attached hydrogens (tertiary/aromatic N) is 3. The number of nitrogens with two attached hydrogens (primary N) is 1. The van der Waals surface area contributed by atoms with Crippen LogP contribution in [0.3, 0.4) is 0 Å². The first-order valence-corrected chi connectivity index (χ1v) is 9.09. The lowest BCUT2D eigenvalue weighted by Gasteiger charge is -2.12. The van der Waals surface area contributed by atoms with Crippen LogP contribution in [-0.2, 0) is 0 Å². The third kappa shape index (κ3) is 2.04. The van der Waals surface area contributed by atoms with Crippen molar-refractivity contribution in [3.8, 4) is 11.4 Å². The summed E-state index contributed by atoms with van der Waals surface area (Å²) in [6, 6.07) is 23.4. The minimum atomic E-state index is 0.402. The van der Waals surface area contributed by atoms with E-state index in [9.17, 15) is 0 Å². The fourth-order valence-electron chi connectivity index (χ4n) is 4.04. The third-order valence-electron chi connectivity index (χ3n) is 5.32. The summed E-state index contributed by atoms with van der Waals surface area (Å²) in [5.41, 5.74) is 8.32. The maximum atomic E-state index is 6.02. The van der Waals surface area contributed by atoms with Crippen molar-refractivity contribution < 1.29 is 0 Å². The number of hydrogen-bond acceptors (Lipinski definition) is 4. The molecule has 0 saturated carbocycles. The lowest BCUT2D eigenvalue weighted by molar-refractivity contribution is 1.21. The highest BCUT2D eigenvalue weighted by atomic mass is 15.0. The molecule has 3 N–H and O–H groups in total. The zero-order valence-corrected chi connectivity index (χ0v) is 14.8. The average Bonchev–Trinajstić information content (AvgIpc) is 3.17. The summed E-state index contributed by atoms with van der Waals surface area (Å²) in [5.74, 6) is 1.15. The molecule has 2 aromatic heterocycles. The van der Waals surface area contributed by atoms with E-state index in [0.29, 0.717) is 17.0 Å². The molecule has 6 aromatic rings. The summed E-state index contributed by atoms with van der Waals surface area (Å²) >= 11 is 0. The van der Waals surface area contributed by atoms with Gasteiger partial charge in [0, 0.05) is 5.56 Å². The Kier molecular flexibility index (Phi) is 2.97. The Morgan fingerprint density at radius 3 is 2.36 bits per heavy atom. The monoisotopic (exact) mass is 361 g/mol. The van der Waals surface area contributed by atoms with Gasteiger partial charge in [-0.15, -0.1) is 0 Å². The number of benzene rings is 4. The van der Waals surface area contributed by atoms with Crippen LogP contribution >= 0.6 is 0 Å². The van der Waals surface area contributed by atoms with E-state index in [1.807, 2.05) is 0 Å². The molecule has 0 aliphatic carbocycles. The number of H-pyrrole nitrogens is 1. The first-order chi connectivity index (χ1) is 13.8. The average molecular weight is 361 g/mol. The van der Waals surface area contributed by atoms with Crippen LogP contribution in [0, 0.1) is 0 Å². The van der Waals surface area contributed by atoms with Gasteiger partial charge < -0.3 is 10.7 Å². The van der Waals surface area contributed by atoms with Crippen molar-refractivity contribution in [1.82, 2.24) is 19.9 Å². The van der Waals surface area contributed by atoms with Gasteiger partial charge in [0.15, 0.2) is 11.5 Å². The maximum Gasteiger partial charge on any atom is 0.183 e. The maximum absolute atomic E-state index is 6.02. The van der Waals surface area contributed by atoms with Crippen LogP contribution in [0.1, 0.15) is 0 Å². The topological polar surface area (TPSA) is 80.5 Å². The van der Waals surface area contributed by atoms with Gasteiger partial charge in [0.2, 0.25) is 0 Å². The Bertz CT molecular complexity index is 1530. The molecule has 0 unspecified atom stereocenters. The standard InChI is InChI=1S/C23H15N5/c24-21-20-23(26-12-25-21)28-22(27-20)19-16-8-4-2-6-14(16)11-18-15-7-3-1-5-13(15)9-10-17(18)19/h1-12H,(H3,24,25,26,27,28). The Morgan fingerprint density at radius 2 is 1.50 bits per heavy atom. The molecule has 132 valence electrons. The number of fused-ring (bicyclic) bond motifs is 5. The molecule has 0 aliphatic heterocycles. The van der Waals surface area contributed by atoms with Crippen LogP contribution in [-0.4, -0.2) is 19.9 Å². The van der Waals surface area contributed by atoms with Crippen molar-refractivity contribution in [2.75, 3.05) is 5.73 Å². The van der Waals surface area contributed by atoms with E-state index < -0.39 is 0 Å². The molecule has 0 saturated heterocycles. The lowest BCUT2D eigenvalue weighted by Crippen LogP contribution is -1.91. The van der Waals surface area contributed by atoms with E-state index in [-0.39, 0.29) is 0 Å². The van der Waals surface area contributed by atoms with Gasteiger partial charge in [-0.3, -0.25) is 0 Å². The molecule has 6 rings (SSSR count). The Hall–Kier alpha value is -3.99. The first-order valence-electron chi connectivity index (χ1n) is 9.09. The second kappa shape index (κ2) is 5.50. The second-order valence-corrected chi connectivity index (χ2v) is 6.90. The van der Waals surface area contributed by atoms with Gasteiger partial charge in [-0.05, 0) is 38.4 Å². The molecule has 28 heavy (non-hydrogen) atoms. The fraction of sp³-hybridized carbons (Fsp3) is 0. The Morgan fingerprint density at radius 1 is 0.714 bits per heavy atom. The molecule has 0 amide bonds. The van der Waals surface area contributed by atoms with Crippen LogP contribution in [0.25, 0.3) is 54.9 Å². The summed E-state index contributed by atoms with van der Waals surface area (Å²) in [7, 11) is 0. The van der Waals surface area contributed by atoms with Gasteiger partial charge in [-0.1, -0.05) is 60.7 Å². The number of imidazole rings is 1. The van der Waals surface area contributed by atoms with Crippen molar-refractivity contribution >= 4 is 49.3 Å². The lowest BCUT2D eigenvalue weighted by atomic mass is 9.93.